The lowest BCUT2D eigenvalue weighted by Gasteiger charge is -2.33. The van der Waals surface area contributed by atoms with Crippen molar-refractivity contribution in [3.63, 3.8) is 0 Å². The van der Waals surface area contributed by atoms with Crippen molar-refractivity contribution in [1.29, 1.82) is 0 Å². The number of amides is 2. The van der Waals surface area contributed by atoms with E-state index in [1.165, 1.54) is 37.3 Å². The largest absolute Gasteiger partial charge is 0.493 e. The summed E-state index contributed by atoms with van der Waals surface area (Å²) in [7, 11) is -1.46. The summed E-state index contributed by atoms with van der Waals surface area (Å²) in [5.74, 6) is -0.410. The van der Waals surface area contributed by atoms with Gasteiger partial charge in [-0.3, -0.25) is 13.9 Å². The van der Waals surface area contributed by atoms with E-state index in [9.17, 15) is 18.0 Å². The first-order valence-electron chi connectivity index (χ1n) is 14.1. The van der Waals surface area contributed by atoms with E-state index in [0.29, 0.717) is 33.5 Å². The SMILES string of the molecule is CC[C@@H](C)NC(=O)[C@@H](C)N(Cc1ccc(Cl)cc1Cl)C(=O)CN(c1cc(C)cc(C)c1)S(=O)(=O)c1ccc(OC)c(OC)c1. The highest BCUT2D eigenvalue weighted by atomic mass is 35.5. The minimum Gasteiger partial charge on any atom is -0.493 e. The van der Waals surface area contributed by atoms with Gasteiger partial charge in [0.1, 0.15) is 12.6 Å². The van der Waals surface area contributed by atoms with Gasteiger partial charge in [0.2, 0.25) is 11.8 Å². The molecular weight excluding hydrogens is 625 g/mol. The summed E-state index contributed by atoms with van der Waals surface area (Å²) in [5, 5.41) is 3.64. The Labute approximate surface area is 270 Å². The predicted molar refractivity (Wildman–Crippen MR) is 174 cm³/mol. The molecule has 0 aliphatic rings. The number of carbonyl (C=O) groups excluding carboxylic acids is 2. The smallest absolute Gasteiger partial charge is 0.264 e. The maximum atomic E-state index is 14.3. The van der Waals surface area contributed by atoms with Crippen LogP contribution in [0, 0.1) is 13.8 Å². The van der Waals surface area contributed by atoms with Crippen molar-refractivity contribution >= 4 is 50.7 Å². The molecule has 2 amide bonds. The summed E-state index contributed by atoms with van der Waals surface area (Å²) in [6.45, 7) is 8.44. The molecule has 3 aromatic rings. The Kier molecular flexibility index (Phi) is 11.9. The molecule has 0 heterocycles. The van der Waals surface area contributed by atoms with Gasteiger partial charge in [0.25, 0.3) is 10.0 Å². The second-order valence-corrected chi connectivity index (χ2v) is 13.3. The highest BCUT2D eigenvalue weighted by Crippen LogP contribution is 2.33. The number of halogens is 2. The van der Waals surface area contributed by atoms with Gasteiger partial charge in [-0.1, -0.05) is 42.3 Å². The van der Waals surface area contributed by atoms with Crippen LogP contribution in [0.1, 0.15) is 43.9 Å². The van der Waals surface area contributed by atoms with Gasteiger partial charge in [0, 0.05) is 28.7 Å². The van der Waals surface area contributed by atoms with Crippen molar-refractivity contribution in [1.82, 2.24) is 10.2 Å². The van der Waals surface area contributed by atoms with E-state index in [-0.39, 0.29) is 29.1 Å². The van der Waals surface area contributed by atoms with E-state index < -0.39 is 28.5 Å². The first-order chi connectivity index (χ1) is 20.7. The van der Waals surface area contributed by atoms with Gasteiger partial charge in [-0.15, -0.1) is 0 Å². The minimum absolute atomic E-state index is 0.0545. The van der Waals surface area contributed by atoms with E-state index in [1.807, 2.05) is 33.8 Å². The highest BCUT2D eigenvalue weighted by Gasteiger charge is 2.33. The summed E-state index contributed by atoms with van der Waals surface area (Å²) in [6, 6.07) is 13.3. The number of methoxy groups -OCH3 is 2. The van der Waals surface area contributed by atoms with Crippen molar-refractivity contribution < 1.29 is 27.5 Å². The van der Waals surface area contributed by atoms with Crippen molar-refractivity contribution in [2.24, 2.45) is 0 Å². The standard InChI is InChI=1S/C32H39Cl2N3O6S/c1-8-22(4)35-32(39)23(5)36(18-24-9-10-25(33)16-28(24)34)31(38)19-37(26-14-20(2)13-21(3)15-26)44(40,41)27-11-12-29(42-6)30(17-27)43-7/h9-17,22-23H,8,18-19H2,1-7H3,(H,35,39)/t22-,23-/m1/s1. The molecule has 0 aliphatic heterocycles. The Balaban J connectivity index is 2.13. The summed E-state index contributed by atoms with van der Waals surface area (Å²) in [6.07, 6.45) is 0.694. The fraction of sp³-hybridized carbons (Fsp3) is 0.375. The quantitative estimate of drug-likeness (QED) is 0.235. The number of rotatable bonds is 13. The van der Waals surface area contributed by atoms with Gasteiger partial charge >= 0.3 is 0 Å². The van der Waals surface area contributed by atoms with Crippen LogP contribution in [0.25, 0.3) is 0 Å². The van der Waals surface area contributed by atoms with Crippen LogP contribution >= 0.6 is 23.2 Å². The van der Waals surface area contributed by atoms with Gasteiger partial charge in [-0.05, 0) is 87.2 Å². The molecule has 9 nitrogen and oxygen atoms in total. The minimum atomic E-state index is -4.32. The Morgan fingerprint density at radius 1 is 0.909 bits per heavy atom. The molecule has 0 spiro atoms. The normalized spacial score (nSPS) is 12.7. The van der Waals surface area contributed by atoms with Crippen molar-refractivity contribution in [3.8, 4) is 11.5 Å². The average Bonchev–Trinajstić information content (AvgIpc) is 2.97. The Hall–Kier alpha value is -3.47. The molecule has 0 saturated carbocycles. The fourth-order valence-corrected chi connectivity index (χ4v) is 6.49. The Bertz CT molecular complexity index is 1600. The number of benzene rings is 3. The Morgan fingerprint density at radius 3 is 2.11 bits per heavy atom. The lowest BCUT2D eigenvalue weighted by molar-refractivity contribution is -0.139. The van der Waals surface area contributed by atoms with Crippen LogP contribution < -0.4 is 19.1 Å². The maximum Gasteiger partial charge on any atom is 0.264 e. The molecule has 12 heteroatoms. The lowest BCUT2D eigenvalue weighted by Crippen LogP contribution is -2.52. The third-order valence-corrected chi connectivity index (χ3v) is 9.60. The molecule has 44 heavy (non-hydrogen) atoms. The van der Waals surface area contributed by atoms with Crippen LogP contribution in [0.3, 0.4) is 0 Å². The van der Waals surface area contributed by atoms with Gasteiger partial charge in [0.15, 0.2) is 11.5 Å². The van der Waals surface area contributed by atoms with Gasteiger partial charge in [-0.2, -0.15) is 0 Å². The van der Waals surface area contributed by atoms with Crippen LogP contribution in [-0.4, -0.2) is 58.0 Å². The topological polar surface area (TPSA) is 105 Å². The fourth-order valence-electron chi connectivity index (χ4n) is 4.61. The third kappa shape index (κ3) is 8.37. The lowest BCUT2D eigenvalue weighted by atomic mass is 10.1. The molecule has 3 rings (SSSR count). The molecule has 0 aliphatic carbocycles. The molecule has 238 valence electrons. The number of aryl methyl sites for hydroxylation is 2. The van der Waals surface area contributed by atoms with Gasteiger partial charge in [-0.25, -0.2) is 8.42 Å². The molecule has 0 fully saturated rings. The maximum absolute atomic E-state index is 14.3. The number of sulfonamides is 1. The van der Waals surface area contributed by atoms with Gasteiger partial charge < -0.3 is 19.7 Å². The second-order valence-electron chi connectivity index (χ2n) is 10.6. The van der Waals surface area contributed by atoms with E-state index in [2.05, 4.69) is 5.32 Å². The van der Waals surface area contributed by atoms with E-state index in [0.717, 1.165) is 15.4 Å². The Morgan fingerprint density at radius 2 is 1.55 bits per heavy atom. The number of anilines is 1. The van der Waals surface area contributed by atoms with Crippen molar-refractivity contribution in [2.45, 2.75) is 64.6 Å². The van der Waals surface area contributed by atoms with E-state index in [1.54, 1.807) is 37.3 Å². The summed E-state index contributed by atoms with van der Waals surface area (Å²) in [4.78, 5) is 28.7. The number of ether oxygens (including phenoxy) is 2. The molecule has 3 aromatic carbocycles. The number of nitrogens with zero attached hydrogens (tertiary/aromatic N) is 2. The molecule has 0 unspecified atom stereocenters. The number of carbonyl (C=O) groups is 2. The monoisotopic (exact) mass is 663 g/mol. The first kappa shape index (κ1) is 35.0. The molecular formula is C32H39Cl2N3O6S. The first-order valence-corrected chi connectivity index (χ1v) is 16.3. The van der Waals surface area contributed by atoms with Crippen LogP contribution in [0.4, 0.5) is 5.69 Å². The molecule has 2 atom stereocenters. The predicted octanol–water partition coefficient (Wildman–Crippen LogP) is 6.15. The average molecular weight is 665 g/mol. The van der Waals surface area contributed by atoms with Gasteiger partial charge in [0.05, 0.1) is 24.8 Å². The molecule has 0 aromatic heterocycles. The molecule has 0 bridgehead atoms. The second kappa shape index (κ2) is 15.0. The van der Waals surface area contributed by atoms with Crippen LogP contribution in [-0.2, 0) is 26.2 Å². The van der Waals surface area contributed by atoms with Crippen LogP contribution in [0.15, 0.2) is 59.5 Å². The third-order valence-electron chi connectivity index (χ3n) is 7.24. The summed E-state index contributed by atoms with van der Waals surface area (Å²) in [5.41, 5.74) is 2.47. The van der Waals surface area contributed by atoms with Crippen molar-refractivity contribution in [3.05, 3.63) is 81.3 Å². The number of nitrogens with one attached hydrogen (secondary N) is 1. The molecule has 0 radical (unpaired) electrons. The van der Waals surface area contributed by atoms with Crippen molar-refractivity contribution in [2.75, 3.05) is 25.1 Å². The van der Waals surface area contributed by atoms with E-state index >= 15 is 0 Å². The molecule has 0 saturated heterocycles. The summed E-state index contributed by atoms with van der Waals surface area (Å²) < 4.78 is 40.2. The zero-order chi connectivity index (χ0) is 32.8. The van der Waals surface area contributed by atoms with E-state index in [4.69, 9.17) is 32.7 Å². The summed E-state index contributed by atoms with van der Waals surface area (Å²) >= 11 is 12.6. The molecule has 1 N–H and O–H groups in total. The highest BCUT2D eigenvalue weighted by molar-refractivity contribution is 7.92. The van der Waals surface area contributed by atoms with Crippen LogP contribution in [0.2, 0.25) is 10.0 Å². The zero-order valence-electron chi connectivity index (χ0n) is 26.0. The van der Waals surface area contributed by atoms with Crippen LogP contribution in [0.5, 0.6) is 11.5 Å². The number of hydrogen-bond acceptors (Lipinski definition) is 6. The number of hydrogen-bond donors (Lipinski definition) is 1. The zero-order valence-corrected chi connectivity index (χ0v) is 28.3.